The van der Waals surface area contributed by atoms with Gasteiger partial charge in [-0.05, 0) is 12.3 Å². The van der Waals surface area contributed by atoms with Crippen LogP contribution in [0, 0.1) is 5.92 Å². The second-order valence-corrected chi connectivity index (χ2v) is 4.06. The fourth-order valence-electron chi connectivity index (χ4n) is 0.756. The van der Waals surface area contributed by atoms with Crippen LogP contribution in [0.2, 0.25) is 0 Å². The van der Waals surface area contributed by atoms with E-state index in [4.69, 9.17) is 4.55 Å². The average molecular weight is 178 g/mol. The van der Waals surface area contributed by atoms with Crippen molar-refractivity contribution in [2.45, 2.75) is 20.3 Å². The summed E-state index contributed by atoms with van der Waals surface area (Å²) in [5.74, 6) is -0.298. The molecule has 0 bridgehead atoms. The molecule has 0 rings (SSSR count). The first-order chi connectivity index (χ1) is 4.95. The number of rotatable bonds is 4. The minimum atomic E-state index is -3.81. The summed E-state index contributed by atoms with van der Waals surface area (Å²) in [5, 5.41) is 0. The first-order valence-corrected chi connectivity index (χ1v) is 5.18. The van der Waals surface area contributed by atoms with E-state index in [-0.39, 0.29) is 11.7 Å². The van der Waals surface area contributed by atoms with Crippen molar-refractivity contribution in [1.82, 2.24) is 0 Å². The molecule has 0 heterocycles. The number of hydrogen-bond acceptors (Lipinski definition) is 2. The van der Waals surface area contributed by atoms with Crippen LogP contribution in [-0.2, 0) is 10.1 Å². The Morgan fingerprint density at radius 1 is 1.55 bits per heavy atom. The van der Waals surface area contributed by atoms with Crippen molar-refractivity contribution in [2.75, 3.05) is 5.75 Å². The predicted molar refractivity (Wildman–Crippen MR) is 45.0 cm³/mol. The Morgan fingerprint density at radius 3 is 2.45 bits per heavy atom. The molecule has 3 nitrogen and oxygen atoms in total. The Morgan fingerprint density at radius 2 is 2.09 bits per heavy atom. The molecule has 0 aliphatic rings. The summed E-state index contributed by atoms with van der Waals surface area (Å²) in [6.45, 7) is 3.72. The maximum absolute atomic E-state index is 10.3. The summed E-state index contributed by atoms with van der Waals surface area (Å²) in [6, 6.07) is 0. The van der Waals surface area contributed by atoms with E-state index in [0.29, 0.717) is 0 Å². The van der Waals surface area contributed by atoms with Gasteiger partial charge < -0.3 is 0 Å². The second kappa shape index (κ2) is 4.51. The molecular formula is C7H14O3S. The lowest BCUT2D eigenvalue weighted by Gasteiger charge is -2.01. The van der Waals surface area contributed by atoms with Gasteiger partial charge in [0, 0.05) is 0 Å². The van der Waals surface area contributed by atoms with Gasteiger partial charge in [-0.2, -0.15) is 8.42 Å². The van der Waals surface area contributed by atoms with Gasteiger partial charge in [0.1, 0.15) is 0 Å². The highest BCUT2D eigenvalue weighted by Crippen LogP contribution is 2.01. The van der Waals surface area contributed by atoms with Gasteiger partial charge in [-0.1, -0.05) is 26.0 Å². The zero-order valence-corrected chi connectivity index (χ0v) is 7.63. The zero-order valence-electron chi connectivity index (χ0n) is 6.82. The van der Waals surface area contributed by atoms with Gasteiger partial charge in [-0.25, -0.2) is 0 Å². The topological polar surface area (TPSA) is 54.4 Å². The van der Waals surface area contributed by atoms with Crippen molar-refractivity contribution in [2.24, 2.45) is 5.92 Å². The van der Waals surface area contributed by atoms with Gasteiger partial charge in [0.05, 0.1) is 5.75 Å². The lowest BCUT2D eigenvalue weighted by molar-refractivity contribution is 0.477. The Hall–Kier alpha value is -0.350. The van der Waals surface area contributed by atoms with Crippen molar-refractivity contribution in [3.8, 4) is 0 Å². The van der Waals surface area contributed by atoms with Crippen LogP contribution in [0.15, 0.2) is 12.2 Å². The van der Waals surface area contributed by atoms with Crippen molar-refractivity contribution in [3.63, 3.8) is 0 Å². The average Bonchev–Trinajstić information content (AvgIpc) is 1.79. The summed E-state index contributed by atoms with van der Waals surface area (Å²) >= 11 is 0. The molecule has 0 spiro atoms. The molecule has 0 saturated carbocycles. The monoisotopic (exact) mass is 178 g/mol. The SMILES string of the molecule is CCC=CC(C)CS(=O)(=O)O. The Balaban J connectivity index is 3.89. The van der Waals surface area contributed by atoms with Crippen molar-refractivity contribution >= 4 is 10.1 Å². The first kappa shape index (κ1) is 10.7. The molecule has 0 fully saturated rings. The smallest absolute Gasteiger partial charge is 0.265 e. The molecular weight excluding hydrogens is 164 g/mol. The summed E-state index contributed by atoms with van der Waals surface area (Å²) in [5.41, 5.74) is 0. The van der Waals surface area contributed by atoms with E-state index < -0.39 is 10.1 Å². The molecule has 0 saturated heterocycles. The third kappa shape index (κ3) is 7.55. The Bertz CT molecular complexity index is 216. The molecule has 0 aromatic heterocycles. The quantitative estimate of drug-likeness (QED) is 0.524. The summed E-state index contributed by atoms with van der Waals surface area (Å²) < 4.78 is 29.1. The van der Waals surface area contributed by atoms with Crippen LogP contribution in [0.4, 0.5) is 0 Å². The van der Waals surface area contributed by atoms with Crippen molar-refractivity contribution in [1.29, 1.82) is 0 Å². The van der Waals surface area contributed by atoms with Crippen LogP contribution in [0.5, 0.6) is 0 Å². The van der Waals surface area contributed by atoms with Gasteiger partial charge in [0.2, 0.25) is 0 Å². The molecule has 0 amide bonds. The van der Waals surface area contributed by atoms with E-state index in [0.717, 1.165) is 6.42 Å². The maximum atomic E-state index is 10.3. The fraction of sp³-hybridized carbons (Fsp3) is 0.714. The van der Waals surface area contributed by atoms with E-state index in [1.165, 1.54) is 0 Å². The summed E-state index contributed by atoms with van der Waals surface area (Å²) in [4.78, 5) is 0. The molecule has 1 N–H and O–H groups in total. The summed E-state index contributed by atoms with van der Waals surface area (Å²) in [6.07, 6.45) is 4.55. The highest BCUT2D eigenvalue weighted by molar-refractivity contribution is 7.85. The molecule has 1 atom stereocenters. The molecule has 0 aliphatic carbocycles. The van der Waals surface area contributed by atoms with E-state index in [9.17, 15) is 8.42 Å². The molecule has 0 aromatic rings. The lowest BCUT2D eigenvalue weighted by Crippen LogP contribution is -2.10. The minimum absolute atomic E-state index is 0.107. The molecule has 0 radical (unpaired) electrons. The van der Waals surface area contributed by atoms with E-state index in [2.05, 4.69) is 0 Å². The third-order valence-corrected chi connectivity index (χ3v) is 2.12. The van der Waals surface area contributed by atoms with Crippen LogP contribution in [0.1, 0.15) is 20.3 Å². The van der Waals surface area contributed by atoms with E-state index in [1.807, 2.05) is 13.0 Å². The normalized spacial score (nSPS) is 15.5. The van der Waals surface area contributed by atoms with Crippen LogP contribution in [0.3, 0.4) is 0 Å². The van der Waals surface area contributed by atoms with E-state index >= 15 is 0 Å². The molecule has 0 aromatic carbocycles. The second-order valence-electron chi connectivity index (χ2n) is 2.56. The largest absolute Gasteiger partial charge is 0.286 e. The van der Waals surface area contributed by atoms with Gasteiger partial charge >= 0.3 is 0 Å². The van der Waals surface area contributed by atoms with Gasteiger partial charge in [-0.3, -0.25) is 4.55 Å². The fourth-order valence-corrected chi connectivity index (χ4v) is 1.53. The summed E-state index contributed by atoms with van der Waals surface area (Å²) in [7, 11) is -3.81. The highest BCUT2D eigenvalue weighted by atomic mass is 32.2. The number of allylic oxidation sites excluding steroid dienone is 2. The van der Waals surface area contributed by atoms with Gasteiger partial charge in [-0.15, -0.1) is 0 Å². The lowest BCUT2D eigenvalue weighted by atomic mass is 10.2. The molecule has 1 unspecified atom stereocenters. The number of hydrogen-bond donors (Lipinski definition) is 1. The Labute approximate surface area is 67.9 Å². The molecule has 11 heavy (non-hydrogen) atoms. The van der Waals surface area contributed by atoms with Gasteiger partial charge in [0.15, 0.2) is 0 Å². The molecule has 66 valence electrons. The van der Waals surface area contributed by atoms with Crippen LogP contribution >= 0.6 is 0 Å². The Kier molecular flexibility index (Phi) is 4.37. The highest BCUT2D eigenvalue weighted by Gasteiger charge is 2.08. The van der Waals surface area contributed by atoms with Gasteiger partial charge in [0.25, 0.3) is 10.1 Å². The maximum Gasteiger partial charge on any atom is 0.265 e. The standard InChI is InChI=1S/C7H14O3S/c1-3-4-5-7(2)6-11(8,9)10/h4-5,7H,3,6H2,1-2H3,(H,8,9,10). The van der Waals surface area contributed by atoms with Crippen LogP contribution < -0.4 is 0 Å². The van der Waals surface area contributed by atoms with Crippen molar-refractivity contribution < 1.29 is 13.0 Å². The van der Waals surface area contributed by atoms with E-state index in [1.54, 1.807) is 13.0 Å². The first-order valence-electron chi connectivity index (χ1n) is 3.57. The minimum Gasteiger partial charge on any atom is -0.286 e. The molecule has 0 aliphatic heterocycles. The predicted octanol–water partition coefficient (Wildman–Crippen LogP) is 1.48. The zero-order chi connectivity index (χ0) is 8.91. The van der Waals surface area contributed by atoms with Crippen molar-refractivity contribution in [3.05, 3.63) is 12.2 Å². The molecule has 4 heteroatoms. The van der Waals surface area contributed by atoms with Crippen LogP contribution in [0.25, 0.3) is 0 Å². The third-order valence-electron chi connectivity index (χ3n) is 1.17. The van der Waals surface area contributed by atoms with Crippen LogP contribution in [-0.4, -0.2) is 18.7 Å².